The second-order valence-corrected chi connectivity index (χ2v) is 4.72. The fraction of sp³-hybridized carbons (Fsp3) is 0.545. The van der Waals surface area contributed by atoms with Gasteiger partial charge in [-0.15, -0.1) is 11.3 Å². The number of nitrogens with one attached hydrogen (secondary N) is 1. The molecular weight excluding hydrogens is 210 g/mol. The number of carbonyl (C=O) groups excluding carboxylic acids is 1. The highest BCUT2D eigenvalue weighted by Gasteiger charge is 2.15. The molecule has 2 heterocycles. The molecular formula is C11H15NO2S. The zero-order valence-electron chi connectivity index (χ0n) is 8.57. The van der Waals surface area contributed by atoms with E-state index in [0.717, 1.165) is 37.5 Å². The first-order chi connectivity index (χ1) is 7.36. The van der Waals surface area contributed by atoms with Gasteiger partial charge in [-0.2, -0.15) is 0 Å². The molecule has 1 amide bonds. The molecule has 3 nitrogen and oxygen atoms in total. The van der Waals surface area contributed by atoms with Crippen molar-refractivity contribution >= 4 is 17.2 Å². The normalized spacial score (nSPS) is 21.2. The molecule has 1 unspecified atom stereocenters. The molecule has 2 rings (SSSR count). The maximum Gasteiger partial charge on any atom is 0.261 e. The third-order valence-corrected chi connectivity index (χ3v) is 3.42. The lowest BCUT2D eigenvalue weighted by molar-refractivity contribution is 0.0536. The van der Waals surface area contributed by atoms with E-state index in [1.54, 1.807) is 0 Å². The molecule has 0 bridgehead atoms. The highest BCUT2D eigenvalue weighted by molar-refractivity contribution is 7.12. The van der Waals surface area contributed by atoms with Crippen molar-refractivity contribution in [3.63, 3.8) is 0 Å². The zero-order valence-corrected chi connectivity index (χ0v) is 9.39. The number of ether oxygens (including phenoxy) is 1. The molecule has 1 fully saturated rings. The van der Waals surface area contributed by atoms with E-state index in [-0.39, 0.29) is 5.91 Å². The topological polar surface area (TPSA) is 38.3 Å². The predicted octanol–water partition coefficient (Wildman–Crippen LogP) is 1.90. The smallest absolute Gasteiger partial charge is 0.261 e. The standard InChI is InChI=1S/C11H15NO2S/c13-11(10-4-2-6-15-10)12-7-9-3-1-5-14-8-9/h2,4,6,9H,1,3,5,7-8H2,(H,12,13). The Balaban J connectivity index is 1.75. The van der Waals surface area contributed by atoms with Gasteiger partial charge in [0.05, 0.1) is 11.5 Å². The minimum atomic E-state index is 0.0376. The van der Waals surface area contributed by atoms with Crippen molar-refractivity contribution in [1.29, 1.82) is 0 Å². The Bertz CT molecular complexity index is 304. The van der Waals surface area contributed by atoms with E-state index in [9.17, 15) is 4.79 Å². The maximum absolute atomic E-state index is 11.6. The van der Waals surface area contributed by atoms with Crippen LogP contribution in [-0.2, 0) is 4.74 Å². The predicted molar refractivity (Wildman–Crippen MR) is 60.2 cm³/mol. The summed E-state index contributed by atoms with van der Waals surface area (Å²) in [6.45, 7) is 2.39. The zero-order chi connectivity index (χ0) is 10.5. The van der Waals surface area contributed by atoms with E-state index in [2.05, 4.69) is 5.32 Å². The van der Waals surface area contributed by atoms with Gasteiger partial charge in [-0.3, -0.25) is 4.79 Å². The molecule has 1 atom stereocenters. The Morgan fingerprint density at radius 1 is 1.67 bits per heavy atom. The van der Waals surface area contributed by atoms with E-state index in [0.29, 0.717) is 5.92 Å². The molecule has 0 spiro atoms. The van der Waals surface area contributed by atoms with Crippen molar-refractivity contribution in [3.05, 3.63) is 22.4 Å². The SMILES string of the molecule is O=C(NCC1CCCOC1)c1cccs1. The highest BCUT2D eigenvalue weighted by Crippen LogP contribution is 2.13. The summed E-state index contributed by atoms with van der Waals surface area (Å²) in [5, 5.41) is 4.86. The maximum atomic E-state index is 11.6. The third-order valence-electron chi connectivity index (χ3n) is 2.55. The molecule has 1 aliphatic rings. The van der Waals surface area contributed by atoms with Crippen molar-refractivity contribution in [2.45, 2.75) is 12.8 Å². The number of rotatable bonds is 3. The van der Waals surface area contributed by atoms with Crippen molar-refractivity contribution in [2.75, 3.05) is 19.8 Å². The number of carbonyl (C=O) groups is 1. The third kappa shape index (κ3) is 3.04. The lowest BCUT2D eigenvalue weighted by Gasteiger charge is -2.21. The van der Waals surface area contributed by atoms with Crippen molar-refractivity contribution in [1.82, 2.24) is 5.32 Å². The summed E-state index contributed by atoms with van der Waals surface area (Å²) in [5.74, 6) is 0.526. The quantitative estimate of drug-likeness (QED) is 0.853. The van der Waals surface area contributed by atoms with E-state index in [1.807, 2.05) is 17.5 Å². The van der Waals surface area contributed by atoms with E-state index in [4.69, 9.17) is 4.74 Å². The Kier molecular flexibility index (Phi) is 3.75. The van der Waals surface area contributed by atoms with Gasteiger partial charge in [-0.05, 0) is 30.2 Å². The van der Waals surface area contributed by atoms with Crippen molar-refractivity contribution in [2.24, 2.45) is 5.92 Å². The van der Waals surface area contributed by atoms with Gasteiger partial charge >= 0.3 is 0 Å². The lowest BCUT2D eigenvalue weighted by Crippen LogP contribution is -2.32. The minimum absolute atomic E-state index is 0.0376. The summed E-state index contributed by atoms with van der Waals surface area (Å²) in [6.07, 6.45) is 2.27. The van der Waals surface area contributed by atoms with Gasteiger partial charge in [-0.25, -0.2) is 0 Å². The van der Waals surface area contributed by atoms with Crippen LogP contribution in [0.25, 0.3) is 0 Å². The molecule has 15 heavy (non-hydrogen) atoms. The molecule has 0 aliphatic carbocycles. The summed E-state index contributed by atoms with van der Waals surface area (Å²) in [4.78, 5) is 12.4. The van der Waals surface area contributed by atoms with Crippen LogP contribution < -0.4 is 5.32 Å². The van der Waals surface area contributed by atoms with Gasteiger partial charge in [0.2, 0.25) is 0 Å². The molecule has 0 aromatic carbocycles. The number of amides is 1. The summed E-state index contributed by atoms with van der Waals surface area (Å²) in [6, 6.07) is 3.74. The van der Waals surface area contributed by atoms with Crippen LogP contribution in [0.5, 0.6) is 0 Å². The highest BCUT2D eigenvalue weighted by atomic mass is 32.1. The number of hydrogen-bond acceptors (Lipinski definition) is 3. The summed E-state index contributed by atoms with van der Waals surface area (Å²) in [7, 11) is 0. The van der Waals surface area contributed by atoms with Crippen LogP contribution in [0, 0.1) is 5.92 Å². The number of thiophene rings is 1. The molecule has 1 aromatic heterocycles. The molecule has 0 saturated carbocycles. The van der Waals surface area contributed by atoms with Gasteiger partial charge in [-0.1, -0.05) is 6.07 Å². The van der Waals surface area contributed by atoms with E-state index < -0.39 is 0 Å². The molecule has 4 heteroatoms. The van der Waals surface area contributed by atoms with Crippen LogP contribution in [0.4, 0.5) is 0 Å². The van der Waals surface area contributed by atoms with Crippen molar-refractivity contribution < 1.29 is 9.53 Å². The molecule has 82 valence electrons. The average molecular weight is 225 g/mol. The van der Waals surface area contributed by atoms with Gasteiger partial charge in [0.15, 0.2) is 0 Å². The van der Waals surface area contributed by atoms with Gasteiger partial charge in [0.25, 0.3) is 5.91 Å². The number of hydrogen-bond donors (Lipinski definition) is 1. The monoisotopic (exact) mass is 225 g/mol. The van der Waals surface area contributed by atoms with Crippen LogP contribution in [0.1, 0.15) is 22.5 Å². The van der Waals surface area contributed by atoms with Crippen molar-refractivity contribution in [3.8, 4) is 0 Å². The molecule has 1 aromatic rings. The Labute approximate surface area is 93.4 Å². The molecule has 0 radical (unpaired) electrons. The minimum Gasteiger partial charge on any atom is -0.381 e. The molecule has 1 aliphatic heterocycles. The van der Waals surface area contributed by atoms with Crippen LogP contribution in [0.3, 0.4) is 0 Å². The summed E-state index contributed by atoms with van der Waals surface area (Å²) < 4.78 is 5.36. The summed E-state index contributed by atoms with van der Waals surface area (Å²) in [5.41, 5.74) is 0. The Hall–Kier alpha value is -0.870. The second kappa shape index (κ2) is 5.28. The fourth-order valence-electron chi connectivity index (χ4n) is 1.70. The first kappa shape index (κ1) is 10.6. The van der Waals surface area contributed by atoms with Gasteiger partial charge in [0, 0.05) is 13.2 Å². The van der Waals surface area contributed by atoms with Crippen LogP contribution >= 0.6 is 11.3 Å². The largest absolute Gasteiger partial charge is 0.381 e. The van der Waals surface area contributed by atoms with E-state index >= 15 is 0 Å². The average Bonchev–Trinajstić information content (AvgIpc) is 2.81. The Morgan fingerprint density at radius 2 is 2.60 bits per heavy atom. The first-order valence-electron chi connectivity index (χ1n) is 5.25. The van der Waals surface area contributed by atoms with E-state index in [1.165, 1.54) is 11.3 Å². The summed E-state index contributed by atoms with van der Waals surface area (Å²) >= 11 is 1.47. The fourth-order valence-corrected chi connectivity index (χ4v) is 2.34. The lowest BCUT2D eigenvalue weighted by atomic mass is 10.0. The second-order valence-electron chi connectivity index (χ2n) is 3.77. The van der Waals surface area contributed by atoms with Crippen LogP contribution in [0.15, 0.2) is 17.5 Å². The van der Waals surface area contributed by atoms with Crippen LogP contribution in [0.2, 0.25) is 0 Å². The molecule has 1 saturated heterocycles. The van der Waals surface area contributed by atoms with Crippen LogP contribution in [-0.4, -0.2) is 25.7 Å². The van der Waals surface area contributed by atoms with Gasteiger partial charge < -0.3 is 10.1 Å². The Morgan fingerprint density at radius 3 is 3.27 bits per heavy atom. The first-order valence-corrected chi connectivity index (χ1v) is 6.13. The molecule has 1 N–H and O–H groups in total. The van der Waals surface area contributed by atoms with Gasteiger partial charge in [0.1, 0.15) is 0 Å².